The molecular formula is C19H23N5O. The maximum absolute atomic E-state index is 10.2. The molecule has 0 atom stereocenters. The van der Waals surface area contributed by atoms with Crippen LogP contribution in [-0.2, 0) is 0 Å². The first-order valence-corrected chi connectivity index (χ1v) is 9.06. The van der Waals surface area contributed by atoms with Gasteiger partial charge in [0.05, 0.1) is 11.6 Å². The fourth-order valence-electron chi connectivity index (χ4n) is 3.52. The molecule has 6 nitrogen and oxygen atoms in total. The van der Waals surface area contributed by atoms with E-state index in [2.05, 4.69) is 25.5 Å². The van der Waals surface area contributed by atoms with Crippen LogP contribution in [0.2, 0.25) is 0 Å². The largest absolute Gasteiger partial charge is 0.492 e. The number of aromatic amines is 1. The summed E-state index contributed by atoms with van der Waals surface area (Å²) in [6.45, 7) is 0. The van der Waals surface area contributed by atoms with Crippen molar-refractivity contribution >= 4 is 18.2 Å². The monoisotopic (exact) mass is 337 g/mol. The minimum atomic E-state index is 0.0206. The number of H-pyrrole nitrogens is 1. The van der Waals surface area contributed by atoms with Crippen LogP contribution in [-0.4, -0.2) is 27.3 Å². The van der Waals surface area contributed by atoms with Gasteiger partial charge in [0.1, 0.15) is 5.69 Å². The van der Waals surface area contributed by atoms with Crippen LogP contribution in [0.1, 0.15) is 56.2 Å². The van der Waals surface area contributed by atoms with Crippen LogP contribution < -0.4 is 15.9 Å². The van der Waals surface area contributed by atoms with Crippen molar-refractivity contribution in [3.63, 3.8) is 0 Å². The zero-order chi connectivity index (χ0) is 17.1. The molecule has 2 heterocycles. The molecular weight excluding hydrogens is 314 g/mol. The Bertz CT molecular complexity index is 891. The Morgan fingerprint density at radius 1 is 1.12 bits per heavy atom. The maximum atomic E-state index is 10.2. The van der Waals surface area contributed by atoms with Gasteiger partial charge in [-0.15, -0.1) is 0 Å². The van der Waals surface area contributed by atoms with Crippen LogP contribution in [0.25, 0.3) is 6.08 Å². The molecule has 0 unspecified atom stereocenters. The van der Waals surface area contributed by atoms with Gasteiger partial charge < -0.3 is 15.4 Å². The third kappa shape index (κ3) is 3.73. The number of rotatable bonds is 3. The third-order valence-corrected chi connectivity index (χ3v) is 4.88. The summed E-state index contributed by atoms with van der Waals surface area (Å²) < 4.78 is 0. The number of imidazole rings is 1. The van der Waals surface area contributed by atoms with E-state index in [0.717, 1.165) is 29.0 Å². The molecule has 6 heteroatoms. The molecule has 0 amide bonds. The number of nitrogens with zero attached hydrogens (tertiary/aromatic N) is 3. The molecule has 0 radical (unpaired) electrons. The summed E-state index contributed by atoms with van der Waals surface area (Å²) in [6.07, 6.45) is 12.4. The summed E-state index contributed by atoms with van der Waals surface area (Å²) in [5.74, 6) is 0.666. The Labute approximate surface area is 146 Å². The molecule has 0 bridgehead atoms. The van der Waals surface area contributed by atoms with Crippen molar-refractivity contribution in [2.24, 2.45) is 10.2 Å². The van der Waals surface area contributed by atoms with Gasteiger partial charge >= 0.3 is 0 Å². The second kappa shape index (κ2) is 7.09. The summed E-state index contributed by atoms with van der Waals surface area (Å²) >= 11 is 0. The van der Waals surface area contributed by atoms with E-state index in [1.54, 1.807) is 6.21 Å². The number of hydrogen-bond acceptors (Lipinski definition) is 5. The lowest BCUT2D eigenvalue weighted by Crippen LogP contribution is -2.21. The first kappa shape index (κ1) is 15.9. The zero-order valence-corrected chi connectivity index (χ0v) is 14.2. The molecule has 0 saturated heterocycles. The van der Waals surface area contributed by atoms with Crippen molar-refractivity contribution in [2.45, 2.75) is 51.0 Å². The van der Waals surface area contributed by atoms with E-state index in [1.165, 1.54) is 32.1 Å². The zero-order valence-electron chi connectivity index (χ0n) is 14.2. The Balaban J connectivity index is 1.53. The summed E-state index contributed by atoms with van der Waals surface area (Å²) in [7, 11) is 0. The second-order valence-electron chi connectivity index (χ2n) is 6.82. The van der Waals surface area contributed by atoms with Crippen molar-refractivity contribution in [1.29, 1.82) is 0 Å². The Kier molecular flexibility index (Phi) is 4.50. The highest BCUT2D eigenvalue weighted by atomic mass is 16.3. The van der Waals surface area contributed by atoms with Gasteiger partial charge in [0, 0.05) is 11.6 Å². The standard InChI is InChI=1S/C19H23N5O/c25-18-17(11-13-8-9-16-14(10-13)12-20-24-16)22-19(23-18)21-15-6-4-2-1-3-5-7-15/h8-12,15,25H,1-7H2,(H2,21,22,23)/b13-11+. The average Bonchev–Trinajstić information content (AvgIpc) is 3.16. The predicted molar refractivity (Wildman–Crippen MR) is 98.4 cm³/mol. The Hall–Kier alpha value is -2.63. The van der Waals surface area contributed by atoms with E-state index in [-0.39, 0.29) is 5.88 Å². The van der Waals surface area contributed by atoms with Crippen molar-refractivity contribution < 1.29 is 5.11 Å². The van der Waals surface area contributed by atoms with Crippen LogP contribution >= 0.6 is 0 Å². The quantitative estimate of drug-likeness (QED) is 0.804. The topological polar surface area (TPSA) is 85.7 Å². The van der Waals surface area contributed by atoms with Crippen LogP contribution in [0.15, 0.2) is 28.4 Å². The molecule has 1 aliphatic carbocycles. The van der Waals surface area contributed by atoms with Gasteiger partial charge in [-0.2, -0.15) is 15.2 Å². The normalized spacial score (nSPS) is 18.5. The van der Waals surface area contributed by atoms with Crippen molar-refractivity contribution in [1.82, 2.24) is 9.97 Å². The molecule has 3 N–H and O–H groups in total. The molecule has 1 saturated carbocycles. The van der Waals surface area contributed by atoms with Gasteiger partial charge in [0.25, 0.3) is 0 Å². The van der Waals surface area contributed by atoms with E-state index >= 15 is 0 Å². The Morgan fingerprint density at radius 2 is 1.92 bits per heavy atom. The molecule has 25 heavy (non-hydrogen) atoms. The lowest BCUT2D eigenvalue weighted by atomic mass is 9.97. The Morgan fingerprint density at radius 3 is 2.76 bits per heavy atom. The average molecular weight is 337 g/mol. The van der Waals surface area contributed by atoms with Crippen molar-refractivity contribution in [3.05, 3.63) is 40.0 Å². The minimum absolute atomic E-state index is 0.0206. The van der Waals surface area contributed by atoms with Gasteiger partial charge in [-0.25, -0.2) is 0 Å². The molecule has 1 aromatic carbocycles. The predicted octanol–water partition coefficient (Wildman–Crippen LogP) is 2.44. The van der Waals surface area contributed by atoms with E-state index in [4.69, 9.17) is 0 Å². The first-order chi connectivity index (χ1) is 12.3. The number of aromatic nitrogens is 2. The van der Waals surface area contributed by atoms with Crippen LogP contribution in [0.4, 0.5) is 5.95 Å². The molecule has 2 aliphatic rings. The van der Waals surface area contributed by atoms with Gasteiger partial charge in [-0.1, -0.05) is 38.2 Å². The van der Waals surface area contributed by atoms with Crippen LogP contribution in [0, 0.1) is 0 Å². The second-order valence-corrected chi connectivity index (χ2v) is 6.82. The smallest absolute Gasteiger partial charge is 0.238 e. The van der Waals surface area contributed by atoms with E-state index in [1.807, 2.05) is 24.3 Å². The number of anilines is 1. The highest BCUT2D eigenvalue weighted by Gasteiger charge is 2.14. The molecule has 1 aromatic heterocycles. The van der Waals surface area contributed by atoms with Gasteiger partial charge in [0.15, 0.2) is 0 Å². The van der Waals surface area contributed by atoms with Gasteiger partial charge in [-0.3, -0.25) is 0 Å². The number of aromatic hydroxyl groups is 1. The van der Waals surface area contributed by atoms with Crippen LogP contribution in [0.5, 0.6) is 5.88 Å². The minimum Gasteiger partial charge on any atom is -0.492 e. The summed E-state index contributed by atoms with van der Waals surface area (Å²) in [5, 5.41) is 23.4. The molecule has 130 valence electrons. The van der Waals surface area contributed by atoms with Crippen molar-refractivity contribution in [3.8, 4) is 5.88 Å². The van der Waals surface area contributed by atoms with E-state index < -0.39 is 0 Å². The number of fused-ring (bicyclic) bond motifs is 1. The highest BCUT2D eigenvalue weighted by molar-refractivity contribution is 5.80. The van der Waals surface area contributed by atoms with E-state index in [9.17, 15) is 5.11 Å². The number of benzene rings is 1. The summed E-state index contributed by atoms with van der Waals surface area (Å²) in [4.78, 5) is 7.44. The lowest BCUT2D eigenvalue weighted by molar-refractivity contribution is 0.454. The van der Waals surface area contributed by atoms with Crippen molar-refractivity contribution in [2.75, 3.05) is 5.32 Å². The van der Waals surface area contributed by atoms with Crippen LogP contribution in [0.3, 0.4) is 0 Å². The molecule has 1 aliphatic heterocycles. The molecule has 0 spiro atoms. The number of hydrogen-bond donors (Lipinski definition) is 3. The van der Waals surface area contributed by atoms with E-state index in [0.29, 0.717) is 17.7 Å². The van der Waals surface area contributed by atoms with Gasteiger partial charge in [-0.05, 0) is 36.3 Å². The SMILES string of the molecule is Oc1nc(NC2CCCCCCC2)[nH]c1/C=c1\ccc2c(c1)C=NN=2. The summed E-state index contributed by atoms with van der Waals surface area (Å²) in [6, 6.07) is 6.31. The maximum Gasteiger partial charge on any atom is 0.238 e. The molecule has 1 fully saturated rings. The first-order valence-electron chi connectivity index (χ1n) is 9.06. The molecule has 4 rings (SSSR count). The third-order valence-electron chi connectivity index (χ3n) is 4.88. The number of nitrogens with one attached hydrogen (secondary N) is 2. The fourth-order valence-corrected chi connectivity index (χ4v) is 3.52. The lowest BCUT2D eigenvalue weighted by Gasteiger charge is -2.20. The highest BCUT2D eigenvalue weighted by Crippen LogP contribution is 2.22. The van der Waals surface area contributed by atoms with Gasteiger partial charge in [0.2, 0.25) is 11.8 Å². The fraction of sp³-hybridized carbons (Fsp3) is 0.421. The molecule has 2 aromatic rings. The summed E-state index contributed by atoms with van der Waals surface area (Å²) in [5.41, 5.74) is 1.60.